The van der Waals surface area contributed by atoms with Gasteiger partial charge in [0, 0.05) is 24.2 Å². The van der Waals surface area contributed by atoms with Crippen LogP contribution in [0.3, 0.4) is 0 Å². The molecule has 1 aliphatic carbocycles. The molecule has 2 heterocycles. The predicted octanol–water partition coefficient (Wildman–Crippen LogP) is 2.10. The molecule has 1 aromatic heterocycles. The van der Waals surface area contributed by atoms with Crippen molar-refractivity contribution in [3.8, 4) is 0 Å². The van der Waals surface area contributed by atoms with Crippen molar-refractivity contribution in [3.63, 3.8) is 0 Å². The molecule has 90 valence electrons. The zero-order valence-corrected chi connectivity index (χ0v) is 10.6. The van der Waals surface area contributed by atoms with Gasteiger partial charge in [-0.15, -0.1) is 0 Å². The fourth-order valence-corrected chi connectivity index (χ4v) is 3.30. The average Bonchev–Trinajstić information content (AvgIpc) is 3.11. The van der Waals surface area contributed by atoms with Gasteiger partial charge in [-0.25, -0.2) is 0 Å². The molecule has 2 aliphatic rings. The van der Waals surface area contributed by atoms with Crippen LogP contribution in [0, 0.1) is 5.92 Å². The van der Waals surface area contributed by atoms with E-state index < -0.39 is 0 Å². The number of pyridine rings is 1. The van der Waals surface area contributed by atoms with Gasteiger partial charge in [0.15, 0.2) is 5.17 Å². The Kier molecular flexibility index (Phi) is 3.31. The second-order valence-corrected chi connectivity index (χ2v) is 5.90. The van der Waals surface area contributed by atoms with E-state index in [1.807, 2.05) is 24.2 Å². The number of nitrogens with zero attached hydrogens (tertiary/aromatic N) is 2. The second-order valence-electron chi connectivity index (χ2n) is 4.67. The first-order valence-corrected chi connectivity index (χ1v) is 7.13. The summed E-state index contributed by atoms with van der Waals surface area (Å²) in [6, 6.07) is 4.14. The highest BCUT2D eigenvalue weighted by atomic mass is 32.2. The molecule has 17 heavy (non-hydrogen) atoms. The van der Waals surface area contributed by atoms with Gasteiger partial charge in [0.25, 0.3) is 0 Å². The number of hydrogen-bond donors (Lipinski definition) is 1. The van der Waals surface area contributed by atoms with Crippen LogP contribution in [0.15, 0.2) is 29.5 Å². The summed E-state index contributed by atoms with van der Waals surface area (Å²) in [6.07, 6.45) is 7.56. The number of aliphatic imine (C=N–C) groups is 1. The SMILES string of the molecule is c1cc(CCNC2=NCC(C3CC3)S2)ccn1. The fraction of sp³-hybridized carbons (Fsp3) is 0.538. The average molecular weight is 247 g/mol. The van der Waals surface area contributed by atoms with Gasteiger partial charge in [-0.05, 0) is 42.9 Å². The summed E-state index contributed by atoms with van der Waals surface area (Å²) in [4.78, 5) is 8.58. The van der Waals surface area contributed by atoms with Crippen molar-refractivity contribution in [2.24, 2.45) is 10.9 Å². The van der Waals surface area contributed by atoms with E-state index in [-0.39, 0.29) is 0 Å². The quantitative estimate of drug-likeness (QED) is 0.885. The molecule has 3 nitrogen and oxygen atoms in total. The third-order valence-corrected chi connectivity index (χ3v) is 4.60. The third-order valence-electron chi connectivity index (χ3n) is 3.26. The molecule has 0 amide bonds. The van der Waals surface area contributed by atoms with Crippen LogP contribution in [-0.4, -0.2) is 28.5 Å². The van der Waals surface area contributed by atoms with Crippen LogP contribution in [0.4, 0.5) is 0 Å². The normalized spacial score (nSPS) is 23.5. The number of hydrogen-bond acceptors (Lipinski definition) is 4. The first kappa shape index (κ1) is 11.1. The maximum Gasteiger partial charge on any atom is 0.156 e. The Morgan fingerprint density at radius 3 is 2.88 bits per heavy atom. The van der Waals surface area contributed by atoms with Crippen molar-refractivity contribution in [2.75, 3.05) is 13.1 Å². The van der Waals surface area contributed by atoms with Gasteiger partial charge in [0.05, 0.1) is 6.54 Å². The molecule has 1 unspecified atom stereocenters. The van der Waals surface area contributed by atoms with Gasteiger partial charge >= 0.3 is 0 Å². The molecule has 0 radical (unpaired) electrons. The van der Waals surface area contributed by atoms with Crippen LogP contribution in [0.5, 0.6) is 0 Å². The van der Waals surface area contributed by atoms with Crippen molar-refractivity contribution >= 4 is 16.9 Å². The number of rotatable bonds is 4. The van der Waals surface area contributed by atoms with Gasteiger partial charge < -0.3 is 5.32 Å². The monoisotopic (exact) mass is 247 g/mol. The summed E-state index contributed by atoms with van der Waals surface area (Å²) < 4.78 is 0. The Labute approximate surface area is 106 Å². The molecule has 0 bridgehead atoms. The lowest BCUT2D eigenvalue weighted by Crippen LogP contribution is -2.22. The van der Waals surface area contributed by atoms with Crippen LogP contribution >= 0.6 is 11.8 Å². The number of aromatic nitrogens is 1. The van der Waals surface area contributed by atoms with E-state index in [0.29, 0.717) is 0 Å². The summed E-state index contributed by atoms with van der Waals surface area (Å²) in [5.74, 6) is 0.947. The van der Waals surface area contributed by atoms with E-state index in [1.54, 1.807) is 0 Å². The Morgan fingerprint density at radius 2 is 2.12 bits per heavy atom. The fourth-order valence-electron chi connectivity index (χ4n) is 2.06. The molecule has 1 aliphatic heterocycles. The lowest BCUT2D eigenvalue weighted by Gasteiger charge is -2.07. The van der Waals surface area contributed by atoms with E-state index in [9.17, 15) is 0 Å². The lowest BCUT2D eigenvalue weighted by molar-refractivity contribution is 0.771. The van der Waals surface area contributed by atoms with E-state index in [4.69, 9.17) is 0 Å². The van der Waals surface area contributed by atoms with Crippen LogP contribution < -0.4 is 5.32 Å². The zero-order chi connectivity index (χ0) is 11.5. The number of amidine groups is 1. The lowest BCUT2D eigenvalue weighted by atomic mass is 10.2. The second kappa shape index (κ2) is 5.08. The van der Waals surface area contributed by atoms with Gasteiger partial charge in [0.2, 0.25) is 0 Å². The van der Waals surface area contributed by atoms with E-state index in [0.717, 1.165) is 35.8 Å². The maximum absolute atomic E-state index is 4.57. The molecule has 1 saturated carbocycles. The van der Waals surface area contributed by atoms with Crippen LogP contribution in [0.25, 0.3) is 0 Å². The smallest absolute Gasteiger partial charge is 0.156 e. The first-order chi connectivity index (χ1) is 8.42. The van der Waals surface area contributed by atoms with Gasteiger partial charge in [-0.3, -0.25) is 9.98 Å². The summed E-state index contributed by atoms with van der Waals surface area (Å²) in [5, 5.41) is 5.35. The van der Waals surface area contributed by atoms with Crippen molar-refractivity contribution in [1.29, 1.82) is 0 Å². The predicted molar refractivity (Wildman–Crippen MR) is 72.3 cm³/mol. The highest BCUT2D eigenvalue weighted by Gasteiger charge is 2.35. The summed E-state index contributed by atoms with van der Waals surface area (Å²) in [7, 11) is 0. The standard InChI is InChI=1S/C13H17N3S/c1-2-11(1)12-9-16-13(17-12)15-8-5-10-3-6-14-7-4-10/h3-4,6-7,11-12H,1-2,5,8-9H2,(H,15,16). The summed E-state index contributed by atoms with van der Waals surface area (Å²) in [5.41, 5.74) is 1.33. The van der Waals surface area contributed by atoms with Gasteiger partial charge in [0.1, 0.15) is 0 Å². The van der Waals surface area contributed by atoms with Gasteiger partial charge in [-0.2, -0.15) is 0 Å². The Balaban J connectivity index is 1.40. The summed E-state index contributed by atoms with van der Waals surface area (Å²) >= 11 is 1.94. The number of nitrogens with one attached hydrogen (secondary N) is 1. The van der Waals surface area contributed by atoms with Crippen molar-refractivity contribution in [2.45, 2.75) is 24.5 Å². The Bertz CT molecular complexity index is 400. The molecular weight excluding hydrogens is 230 g/mol. The van der Waals surface area contributed by atoms with Gasteiger partial charge in [-0.1, -0.05) is 11.8 Å². The van der Waals surface area contributed by atoms with Crippen molar-refractivity contribution in [1.82, 2.24) is 10.3 Å². The number of thioether (sulfide) groups is 1. The highest BCUT2D eigenvalue weighted by Crippen LogP contribution is 2.41. The third kappa shape index (κ3) is 3.00. The van der Waals surface area contributed by atoms with E-state index in [2.05, 4.69) is 27.4 Å². The molecule has 1 fully saturated rings. The maximum atomic E-state index is 4.57. The molecular formula is C13H17N3S. The van der Waals surface area contributed by atoms with Crippen LogP contribution in [0.1, 0.15) is 18.4 Å². The van der Waals surface area contributed by atoms with Crippen LogP contribution in [0.2, 0.25) is 0 Å². The molecule has 3 rings (SSSR count). The van der Waals surface area contributed by atoms with E-state index in [1.165, 1.54) is 18.4 Å². The molecule has 1 aromatic rings. The van der Waals surface area contributed by atoms with E-state index >= 15 is 0 Å². The zero-order valence-electron chi connectivity index (χ0n) is 9.80. The Morgan fingerprint density at radius 1 is 1.29 bits per heavy atom. The first-order valence-electron chi connectivity index (χ1n) is 6.26. The Hall–Kier alpha value is -1.03. The minimum atomic E-state index is 0.762. The van der Waals surface area contributed by atoms with Crippen LogP contribution in [-0.2, 0) is 6.42 Å². The molecule has 4 heteroatoms. The van der Waals surface area contributed by atoms with Crippen molar-refractivity contribution in [3.05, 3.63) is 30.1 Å². The topological polar surface area (TPSA) is 37.3 Å². The molecule has 1 atom stereocenters. The molecule has 0 spiro atoms. The summed E-state index contributed by atoms with van der Waals surface area (Å²) in [6.45, 7) is 1.99. The molecule has 0 saturated heterocycles. The van der Waals surface area contributed by atoms with Crippen molar-refractivity contribution < 1.29 is 0 Å². The molecule has 1 N–H and O–H groups in total. The highest BCUT2D eigenvalue weighted by molar-refractivity contribution is 8.14. The largest absolute Gasteiger partial charge is 0.365 e. The minimum Gasteiger partial charge on any atom is -0.365 e. The molecule has 0 aromatic carbocycles. The minimum absolute atomic E-state index is 0.762.